The molecule has 0 spiro atoms. The third-order valence-electron chi connectivity index (χ3n) is 2.77. The number of carbonyl (C=O) groups excluding carboxylic acids is 2. The standard InChI is InChI=1S/C14H12F2O4/c1-7-8(4-9(15)6-11(7)16)5-10-12(17)19-14(2,3)20-13(10)18/h4-6H,1-3H3. The van der Waals surface area contributed by atoms with Crippen molar-refractivity contribution in [1.82, 2.24) is 0 Å². The molecule has 1 aromatic rings. The summed E-state index contributed by atoms with van der Waals surface area (Å²) in [6, 6.07) is 1.74. The zero-order chi connectivity index (χ0) is 15.1. The van der Waals surface area contributed by atoms with Crippen LogP contribution < -0.4 is 0 Å². The maximum Gasteiger partial charge on any atom is 0.348 e. The van der Waals surface area contributed by atoms with Gasteiger partial charge in [0.05, 0.1) is 0 Å². The van der Waals surface area contributed by atoms with Crippen LogP contribution in [-0.4, -0.2) is 17.7 Å². The zero-order valence-electron chi connectivity index (χ0n) is 11.1. The molecule has 0 aromatic heterocycles. The van der Waals surface area contributed by atoms with Gasteiger partial charge in [-0.3, -0.25) is 0 Å². The number of benzene rings is 1. The number of cyclic esters (lactones) is 2. The third kappa shape index (κ3) is 2.68. The van der Waals surface area contributed by atoms with Gasteiger partial charge in [0.2, 0.25) is 0 Å². The molecule has 6 heteroatoms. The van der Waals surface area contributed by atoms with E-state index in [2.05, 4.69) is 0 Å². The fraction of sp³-hybridized carbons (Fsp3) is 0.286. The molecule has 0 radical (unpaired) electrons. The van der Waals surface area contributed by atoms with Crippen LogP contribution in [0.3, 0.4) is 0 Å². The largest absolute Gasteiger partial charge is 0.419 e. The van der Waals surface area contributed by atoms with E-state index in [0.717, 1.165) is 18.2 Å². The van der Waals surface area contributed by atoms with Gasteiger partial charge >= 0.3 is 11.9 Å². The van der Waals surface area contributed by atoms with E-state index in [1.165, 1.54) is 20.8 Å². The Morgan fingerprint density at radius 3 is 2.20 bits per heavy atom. The molecule has 0 atom stereocenters. The Morgan fingerprint density at radius 2 is 1.65 bits per heavy atom. The van der Waals surface area contributed by atoms with Gasteiger partial charge in [-0.2, -0.15) is 0 Å². The van der Waals surface area contributed by atoms with Crippen molar-refractivity contribution in [3.63, 3.8) is 0 Å². The number of carbonyl (C=O) groups is 2. The summed E-state index contributed by atoms with van der Waals surface area (Å²) in [5.41, 5.74) is -0.215. The predicted molar refractivity (Wildman–Crippen MR) is 65.3 cm³/mol. The van der Waals surface area contributed by atoms with Crippen LogP contribution in [0, 0.1) is 18.6 Å². The monoisotopic (exact) mass is 282 g/mol. The molecule has 1 heterocycles. The summed E-state index contributed by atoms with van der Waals surface area (Å²) < 4.78 is 36.4. The highest BCUT2D eigenvalue weighted by atomic mass is 19.1. The number of rotatable bonds is 1. The summed E-state index contributed by atoms with van der Waals surface area (Å²) in [7, 11) is 0. The number of esters is 2. The van der Waals surface area contributed by atoms with E-state index in [1.54, 1.807) is 0 Å². The first kappa shape index (κ1) is 14.2. The van der Waals surface area contributed by atoms with Crippen LogP contribution in [0.4, 0.5) is 8.78 Å². The molecule has 0 unspecified atom stereocenters. The molecular formula is C14H12F2O4. The van der Waals surface area contributed by atoms with Crippen molar-refractivity contribution >= 4 is 18.0 Å². The first-order valence-corrected chi connectivity index (χ1v) is 5.83. The van der Waals surface area contributed by atoms with Crippen molar-refractivity contribution in [3.05, 3.63) is 40.5 Å². The highest BCUT2D eigenvalue weighted by Crippen LogP contribution is 2.25. The number of halogens is 2. The van der Waals surface area contributed by atoms with E-state index >= 15 is 0 Å². The maximum absolute atomic E-state index is 13.4. The lowest BCUT2D eigenvalue weighted by molar-refractivity contribution is -0.222. The van der Waals surface area contributed by atoms with Crippen molar-refractivity contribution < 1.29 is 27.8 Å². The molecule has 0 amide bonds. The minimum Gasteiger partial charge on any atom is -0.419 e. The molecular weight excluding hydrogens is 270 g/mol. The Labute approximate surface area is 114 Å². The smallest absolute Gasteiger partial charge is 0.348 e. The second kappa shape index (κ2) is 4.70. The van der Waals surface area contributed by atoms with Crippen molar-refractivity contribution in [3.8, 4) is 0 Å². The average molecular weight is 282 g/mol. The van der Waals surface area contributed by atoms with Crippen LogP contribution in [0.25, 0.3) is 6.08 Å². The van der Waals surface area contributed by atoms with Crippen LogP contribution in [0.5, 0.6) is 0 Å². The molecule has 1 saturated heterocycles. The molecule has 0 bridgehead atoms. The Kier molecular flexibility index (Phi) is 3.33. The summed E-state index contributed by atoms with van der Waals surface area (Å²) >= 11 is 0. The molecule has 20 heavy (non-hydrogen) atoms. The summed E-state index contributed by atoms with van der Waals surface area (Å²) in [5.74, 6) is -4.72. The van der Waals surface area contributed by atoms with E-state index in [0.29, 0.717) is 0 Å². The van der Waals surface area contributed by atoms with Gasteiger partial charge in [-0.15, -0.1) is 0 Å². The lowest BCUT2D eigenvalue weighted by Gasteiger charge is -2.29. The molecule has 4 nitrogen and oxygen atoms in total. The van der Waals surface area contributed by atoms with E-state index in [-0.39, 0.29) is 11.1 Å². The minimum atomic E-state index is -1.35. The van der Waals surface area contributed by atoms with Crippen LogP contribution >= 0.6 is 0 Å². The number of hydrogen-bond acceptors (Lipinski definition) is 4. The van der Waals surface area contributed by atoms with E-state index in [4.69, 9.17) is 9.47 Å². The Morgan fingerprint density at radius 1 is 1.10 bits per heavy atom. The fourth-order valence-corrected chi connectivity index (χ4v) is 1.75. The molecule has 2 rings (SSSR count). The number of ether oxygens (including phenoxy) is 2. The third-order valence-corrected chi connectivity index (χ3v) is 2.77. The van der Waals surface area contributed by atoms with Gasteiger partial charge in [-0.25, -0.2) is 18.4 Å². The first-order chi connectivity index (χ1) is 9.19. The first-order valence-electron chi connectivity index (χ1n) is 5.83. The fourth-order valence-electron chi connectivity index (χ4n) is 1.75. The summed E-state index contributed by atoms with van der Waals surface area (Å²) in [6.45, 7) is 4.23. The molecule has 0 saturated carbocycles. The maximum atomic E-state index is 13.4. The van der Waals surface area contributed by atoms with Crippen molar-refractivity contribution in [2.75, 3.05) is 0 Å². The molecule has 106 valence electrons. The zero-order valence-corrected chi connectivity index (χ0v) is 11.1. The molecule has 1 fully saturated rings. The van der Waals surface area contributed by atoms with Gasteiger partial charge in [-0.1, -0.05) is 0 Å². The lowest BCUT2D eigenvalue weighted by atomic mass is 10.0. The predicted octanol–water partition coefficient (Wildman–Crippen LogP) is 2.49. The van der Waals surface area contributed by atoms with E-state index in [1.807, 2.05) is 0 Å². The summed E-state index contributed by atoms with van der Waals surface area (Å²) in [4.78, 5) is 23.5. The SMILES string of the molecule is Cc1c(F)cc(F)cc1C=C1C(=O)OC(C)(C)OC1=O. The highest BCUT2D eigenvalue weighted by Gasteiger charge is 2.38. The van der Waals surface area contributed by atoms with Crippen LogP contribution in [0.15, 0.2) is 17.7 Å². The van der Waals surface area contributed by atoms with Crippen molar-refractivity contribution in [1.29, 1.82) is 0 Å². The van der Waals surface area contributed by atoms with Gasteiger partial charge < -0.3 is 9.47 Å². The highest BCUT2D eigenvalue weighted by molar-refractivity contribution is 6.18. The molecule has 1 aliphatic rings. The van der Waals surface area contributed by atoms with Crippen LogP contribution in [0.1, 0.15) is 25.0 Å². The van der Waals surface area contributed by atoms with Gasteiger partial charge in [0.25, 0.3) is 5.79 Å². The Hall–Kier alpha value is -2.24. The normalized spacial score (nSPS) is 17.6. The topological polar surface area (TPSA) is 52.6 Å². The van der Waals surface area contributed by atoms with E-state index in [9.17, 15) is 18.4 Å². The van der Waals surface area contributed by atoms with Gasteiger partial charge in [0.1, 0.15) is 17.2 Å². The summed E-state index contributed by atoms with van der Waals surface area (Å²) in [6.07, 6.45) is 1.06. The Bertz CT molecular complexity index is 610. The van der Waals surface area contributed by atoms with Gasteiger partial charge in [-0.05, 0) is 30.2 Å². The molecule has 1 aliphatic heterocycles. The van der Waals surface area contributed by atoms with Gasteiger partial charge in [0, 0.05) is 19.9 Å². The van der Waals surface area contributed by atoms with Crippen LogP contribution in [-0.2, 0) is 19.1 Å². The summed E-state index contributed by atoms with van der Waals surface area (Å²) in [5, 5.41) is 0. The number of hydrogen-bond donors (Lipinski definition) is 0. The quantitative estimate of drug-likeness (QED) is 0.451. The second-order valence-electron chi connectivity index (χ2n) is 4.84. The molecule has 0 N–H and O–H groups in total. The lowest BCUT2D eigenvalue weighted by Crippen LogP contribution is -2.41. The second-order valence-corrected chi connectivity index (χ2v) is 4.84. The minimum absolute atomic E-state index is 0.0751. The van der Waals surface area contributed by atoms with Crippen LogP contribution in [0.2, 0.25) is 0 Å². The van der Waals surface area contributed by atoms with Crippen molar-refractivity contribution in [2.45, 2.75) is 26.6 Å². The van der Waals surface area contributed by atoms with E-state index < -0.39 is 34.9 Å². The van der Waals surface area contributed by atoms with Gasteiger partial charge in [0.15, 0.2) is 0 Å². The molecule has 1 aromatic carbocycles. The van der Waals surface area contributed by atoms with Crippen molar-refractivity contribution in [2.24, 2.45) is 0 Å². The molecule has 0 aliphatic carbocycles. The Balaban J connectivity index is 2.46. The average Bonchev–Trinajstić information content (AvgIpc) is 2.28.